The van der Waals surface area contributed by atoms with Gasteiger partial charge in [-0.3, -0.25) is 14.6 Å². The third-order valence-corrected chi connectivity index (χ3v) is 6.51. The first-order chi connectivity index (χ1) is 12.8. The molecule has 2 aliphatic heterocycles. The predicted molar refractivity (Wildman–Crippen MR) is 103 cm³/mol. The van der Waals surface area contributed by atoms with Gasteiger partial charge in [0.05, 0.1) is 17.1 Å². The first-order valence-electron chi connectivity index (χ1n) is 9.03. The summed E-state index contributed by atoms with van der Waals surface area (Å²) in [5.41, 5.74) is -0.837. The van der Waals surface area contributed by atoms with Crippen LogP contribution in [0.4, 0.5) is 18.9 Å². The van der Waals surface area contributed by atoms with E-state index in [4.69, 9.17) is 11.6 Å². The van der Waals surface area contributed by atoms with E-state index in [9.17, 15) is 18.0 Å². The van der Waals surface area contributed by atoms with Crippen LogP contribution in [0.3, 0.4) is 0 Å². The molecule has 150 valence electrons. The molecule has 27 heavy (non-hydrogen) atoms. The molecule has 2 aliphatic rings. The molecular formula is C18H23ClF3N3OS. The van der Waals surface area contributed by atoms with Crippen molar-refractivity contribution in [3.63, 3.8) is 0 Å². The number of anilines is 1. The Bertz CT molecular complexity index is 660. The monoisotopic (exact) mass is 421 g/mol. The molecule has 0 aliphatic carbocycles. The minimum absolute atomic E-state index is 0.106. The maximum absolute atomic E-state index is 12.9. The van der Waals surface area contributed by atoms with E-state index in [-0.39, 0.29) is 23.2 Å². The summed E-state index contributed by atoms with van der Waals surface area (Å²) in [4.78, 5) is 16.8. The Morgan fingerprint density at radius 3 is 2.63 bits per heavy atom. The zero-order valence-corrected chi connectivity index (χ0v) is 16.5. The average molecular weight is 422 g/mol. The number of nitrogens with zero attached hydrogens (tertiary/aromatic N) is 2. The summed E-state index contributed by atoms with van der Waals surface area (Å²) in [6.45, 7) is 3.62. The summed E-state index contributed by atoms with van der Waals surface area (Å²) >= 11 is 7.61. The van der Waals surface area contributed by atoms with Gasteiger partial charge in [0.15, 0.2) is 0 Å². The van der Waals surface area contributed by atoms with Crippen molar-refractivity contribution >= 4 is 35.0 Å². The fraction of sp³-hybridized carbons (Fsp3) is 0.611. The minimum atomic E-state index is -4.55. The number of carbonyl (C=O) groups excluding carboxylic acids is 1. The molecule has 0 bridgehead atoms. The fourth-order valence-corrected chi connectivity index (χ4v) is 4.93. The third kappa shape index (κ3) is 5.76. The van der Waals surface area contributed by atoms with Crippen LogP contribution in [0, 0.1) is 0 Å². The number of rotatable bonds is 4. The first kappa shape index (κ1) is 20.8. The van der Waals surface area contributed by atoms with Crippen LogP contribution in [0.2, 0.25) is 5.02 Å². The van der Waals surface area contributed by atoms with Gasteiger partial charge in [-0.15, -0.1) is 0 Å². The molecule has 1 aromatic carbocycles. The average Bonchev–Trinajstić information content (AvgIpc) is 2.64. The van der Waals surface area contributed by atoms with Gasteiger partial charge in [0.1, 0.15) is 0 Å². The Kier molecular flexibility index (Phi) is 6.94. The highest BCUT2D eigenvalue weighted by molar-refractivity contribution is 7.99. The normalized spacial score (nSPS) is 22.6. The van der Waals surface area contributed by atoms with Gasteiger partial charge in [-0.05, 0) is 36.8 Å². The maximum Gasteiger partial charge on any atom is 0.417 e. The van der Waals surface area contributed by atoms with Gasteiger partial charge >= 0.3 is 6.18 Å². The molecule has 2 fully saturated rings. The smallest absolute Gasteiger partial charge is 0.325 e. The standard InChI is InChI=1S/C18H23ClF3N3OS/c19-16-4-3-13(10-15(16)18(20,21)22)23-17(26)11-24-5-7-25(8-6-24)14-2-1-9-27-12-14/h3-4,10,14H,1-2,5-9,11-12H2,(H,23,26)/t14-/m0/s1. The molecule has 2 saturated heterocycles. The number of hydrogen-bond acceptors (Lipinski definition) is 4. The van der Waals surface area contributed by atoms with Crippen molar-refractivity contribution in [1.82, 2.24) is 9.80 Å². The molecule has 1 aromatic rings. The van der Waals surface area contributed by atoms with Crippen molar-refractivity contribution in [2.45, 2.75) is 25.1 Å². The van der Waals surface area contributed by atoms with Gasteiger partial charge in [0.2, 0.25) is 5.91 Å². The zero-order chi connectivity index (χ0) is 19.4. The van der Waals surface area contributed by atoms with Crippen molar-refractivity contribution in [2.75, 3.05) is 49.5 Å². The lowest BCUT2D eigenvalue weighted by Crippen LogP contribution is -2.52. The molecule has 0 spiro atoms. The number of thioether (sulfide) groups is 1. The Balaban J connectivity index is 1.49. The molecule has 4 nitrogen and oxygen atoms in total. The molecule has 0 aromatic heterocycles. The van der Waals surface area contributed by atoms with Gasteiger partial charge in [-0.1, -0.05) is 11.6 Å². The van der Waals surface area contributed by atoms with Gasteiger partial charge in [0.25, 0.3) is 0 Å². The number of nitrogens with one attached hydrogen (secondary N) is 1. The van der Waals surface area contributed by atoms with Gasteiger partial charge in [-0.25, -0.2) is 0 Å². The zero-order valence-electron chi connectivity index (χ0n) is 14.9. The first-order valence-corrected chi connectivity index (χ1v) is 10.6. The molecule has 1 N–H and O–H groups in total. The van der Waals surface area contributed by atoms with Crippen LogP contribution in [-0.4, -0.2) is 66.0 Å². The second-order valence-electron chi connectivity index (χ2n) is 6.92. The van der Waals surface area contributed by atoms with E-state index in [0.29, 0.717) is 6.04 Å². The number of benzene rings is 1. The Morgan fingerprint density at radius 2 is 2.00 bits per heavy atom. The van der Waals surface area contributed by atoms with E-state index < -0.39 is 11.7 Å². The van der Waals surface area contributed by atoms with Gasteiger partial charge < -0.3 is 5.32 Å². The van der Waals surface area contributed by atoms with Crippen molar-refractivity contribution in [1.29, 1.82) is 0 Å². The number of halogens is 4. The summed E-state index contributed by atoms with van der Waals surface area (Å²) in [5.74, 6) is 2.11. The fourth-order valence-electron chi connectivity index (χ4n) is 3.52. The van der Waals surface area contributed by atoms with Crippen LogP contribution in [0.1, 0.15) is 18.4 Å². The number of amides is 1. The Labute approximate surface area is 166 Å². The van der Waals surface area contributed by atoms with E-state index in [2.05, 4.69) is 10.2 Å². The third-order valence-electron chi connectivity index (χ3n) is 4.98. The lowest BCUT2D eigenvalue weighted by molar-refractivity contribution is -0.137. The number of piperazine rings is 1. The van der Waals surface area contributed by atoms with Crippen molar-refractivity contribution < 1.29 is 18.0 Å². The molecule has 1 amide bonds. The highest BCUT2D eigenvalue weighted by Gasteiger charge is 2.33. The summed E-state index contributed by atoms with van der Waals surface area (Å²) in [6, 6.07) is 4.04. The summed E-state index contributed by atoms with van der Waals surface area (Å²) in [5, 5.41) is 2.17. The molecule has 3 rings (SSSR count). The second-order valence-corrected chi connectivity index (χ2v) is 8.48. The minimum Gasteiger partial charge on any atom is -0.325 e. The molecule has 1 atom stereocenters. The van der Waals surface area contributed by atoms with E-state index >= 15 is 0 Å². The Hall–Kier alpha value is -0.960. The molecular weight excluding hydrogens is 399 g/mol. The lowest BCUT2D eigenvalue weighted by atomic mass is 10.1. The topological polar surface area (TPSA) is 35.6 Å². The van der Waals surface area contributed by atoms with Crippen molar-refractivity contribution in [3.05, 3.63) is 28.8 Å². The van der Waals surface area contributed by atoms with Crippen molar-refractivity contribution in [2.24, 2.45) is 0 Å². The summed E-state index contributed by atoms with van der Waals surface area (Å²) in [7, 11) is 0. The van der Waals surface area contributed by atoms with Crippen LogP contribution in [-0.2, 0) is 11.0 Å². The van der Waals surface area contributed by atoms with Crippen LogP contribution in [0.25, 0.3) is 0 Å². The quantitative estimate of drug-likeness (QED) is 0.802. The molecule has 0 unspecified atom stereocenters. The van der Waals surface area contributed by atoms with Gasteiger partial charge in [0, 0.05) is 43.7 Å². The van der Waals surface area contributed by atoms with E-state index in [1.165, 1.54) is 30.4 Å². The second kappa shape index (κ2) is 9.03. The van der Waals surface area contributed by atoms with Crippen LogP contribution in [0.5, 0.6) is 0 Å². The number of hydrogen-bond donors (Lipinski definition) is 1. The molecule has 2 heterocycles. The summed E-state index contributed by atoms with van der Waals surface area (Å²) < 4.78 is 38.8. The molecule has 9 heteroatoms. The molecule has 0 saturated carbocycles. The summed E-state index contributed by atoms with van der Waals surface area (Å²) in [6.07, 6.45) is -2.05. The highest BCUT2D eigenvalue weighted by Crippen LogP contribution is 2.36. The predicted octanol–water partition coefficient (Wildman–Crippen LogP) is 3.81. The van der Waals surface area contributed by atoms with Crippen LogP contribution in [0.15, 0.2) is 18.2 Å². The van der Waals surface area contributed by atoms with Crippen molar-refractivity contribution in [3.8, 4) is 0 Å². The van der Waals surface area contributed by atoms with E-state index in [1.54, 1.807) is 0 Å². The Morgan fingerprint density at radius 1 is 1.26 bits per heavy atom. The lowest BCUT2D eigenvalue weighted by Gasteiger charge is -2.40. The largest absolute Gasteiger partial charge is 0.417 e. The van der Waals surface area contributed by atoms with Crippen LogP contribution < -0.4 is 5.32 Å². The van der Waals surface area contributed by atoms with Gasteiger partial charge in [-0.2, -0.15) is 24.9 Å². The number of carbonyl (C=O) groups is 1. The highest BCUT2D eigenvalue weighted by atomic mass is 35.5. The SMILES string of the molecule is O=C(CN1CCN([C@H]2CCCSC2)CC1)Nc1ccc(Cl)c(C(F)(F)F)c1. The van der Waals surface area contributed by atoms with E-state index in [0.717, 1.165) is 38.3 Å². The maximum atomic E-state index is 12.9. The number of alkyl halides is 3. The van der Waals surface area contributed by atoms with Crippen LogP contribution >= 0.6 is 23.4 Å². The van der Waals surface area contributed by atoms with E-state index in [1.807, 2.05) is 16.7 Å². The molecule has 0 radical (unpaired) electrons.